The molecule has 2 aromatic rings. The molecular weight excluding hydrogens is 378 g/mol. The lowest BCUT2D eigenvalue weighted by Crippen LogP contribution is -2.42. The summed E-state index contributed by atoms with van der Waals surface area (Å²) in [5, 5.41) is 0. The van der Waals surface area contributed by atoms with Crippen LogP contribution in [0.15, 0.2) is 22.6 Å². The monoisotopic (exact) mass is 397 g/mol. The Morgan fingerprint density at radius 2 is 1.93 bits per heavy atom. The first-order chi connectivity index (χ1) is 13.3. The zero-order valence-electron chi connectivity index (χ0n) is 15.1. The fourth-order valence-electron chi connectivity index (χ4n) is 3.56. The fraction of sp³-hybridized carbons (Fsp3) is 0.474. The van der Waals surface area contributed by atoms with E-state index < -0.39 is 23.5 Å². The zero-order valence-corrected chi connectivity index (χ0v) is 15.1. The maximum atomic E-state index is 13.9. The summed E-state index contributed by atoms with van der Waals surface area (Å²) in [6, 6.07) is 3.32. The number of fused-ring (bicyclic) bond motifs is 1. The van der Waals surface area contributed by atoms with Gasteiger partial charge in [0, 0.05) is 57.5 Å². The molecule has 0 aliphatic carbocycles. The van der Waals surface area contributed by atoms with E-state index in [4.69, 9.17) is 4.42 Å². The van der Waals surface area contributed by atoms with Crippen LogP contribution in [0.1, 0.15) is 40.5 Å². The summed E-state index contributed by atoms with van der Waals surface area (Å²) in [4.78, 5) is 20.0. The van der Waals surface area contributed by atoms with Crippen LogP contribution in [0.4, 0.5) is 17.6 Å². The van der Waals surface area contributed by atoms with Crippen molar-refractivity contribution in [2.45, 2.75) is 38.3 Å². The van der Waals surface area contributed by atoms with Crippen LogP contribution < -0.4 is 0 Å². The van der Waals surface area contributed by atoms with Gasteiger partial charge in [0.1, 0.15) is 17.4 Å². The first kappa shape index (κ1) is 18.9. The van der Waals surface area contributed by atoms with E-state index in [1.54, 1.807) is 0 Å². The standard InChI is InChI=1S/C19H19F4N3O2/c20-13-1-2-14(21)12(9-13)10-25-6-3-16-15(11-25)24-17(28-16)18(27)26-7-4-19(22,23)5-8-26/h1-2,9H,3-8,10-11H2. The maximum Gasteiger partial charge on any atom is 0.309 e. The van der Waals surface area contributed by atoms with Crippen LogP contribution in [-0.4, -0.2) is 46.2 Å². The van der Waals surface area contributed by atoms with E-state index in [1.165, 1.54) is 4.90 Å². The molecule has 2 aliphatic rings. The Bertz CT molecular complexity index is 889. The van der Waals surface area contributed by atoms with Gasteiger partial charge in [-0.3, -0.25) is 9.69 Å². The SMILES string of the molecule is O=C(c1nc2c(o1)CCN(Cc1cc(F)ccc1F)C2)N1CCC(F)(F)CC1. The third-order valence-electron chi connectivity index (χ3n) is 5.17. The maximum absolute atomic E-state index is 13.9. The molecule has 1 aromatic carbocycles. The van der Waals surface area contributed by atoms with Gasteiger partial charge in [-0.15, -0.1) is 0 Å². The molecule has 4 rings (SSSR count). The van der Waals surface area contributed by atoms with Crippen molar-refractivity contribution in [2.75, 3.05) is 19.6 Å². The van der Waals surface area contributed by atoms with Crippen molar-refractivity contribution in [1.29, 1.82) is 0 Å². The fourth-order valence-corrected chi connectivity index (χ4v) is 3.56. The summed E-state index contributed by atoms with van der Waals surface area (Å²) < 4.78 is 59.3. The Labute approximate surface area is 158 Å². The minimum absolute atomic E-state index is 0.0378. The van der Waals surface area contributed by atoms with Gasteiger partial charge in [0.05, 0.1) is 5.69 Å². The van der Waals surface area contributed by atoms with Crippen molar-refractivity contribution in [3.05, 3.63) is 52.7 Å². The molecule has 0 saturated carbocycles. The molecule has 2 aliphatic heterocycles. The second-order valence-electron chi connectivity index (χ2n) is 7.23. The normalized spacial score (nSPS) is 19.5. The van der Waals surface area contributed by atoms with Crippen molar-refractivity contribution < 1.29 is 26.8 Å². The van der Waals surface area contributed by atoms with E-state index in [1.807, 2.05) is 4.90 Å². The zero-order chi connectivity index (χ0) is 19.9. The van der Waals surface area contributed by atoms with Gasteiger partial charge in [-0.05, 0) is 18.2 Å². The number of hydrogen-bond acceptors (Lipinski definition) is 4. The summed E-state index contributed by atoms with van der Waals surface area (Å²) in [6.45, 7) is 1.01. The van der Waals surface area contributed by atoms with Crippen molar-refractivity contribution in [3.63, 3.8) is 0 Å². The predicted molar refractivity (Wildman–Crippen MR) is 90.8 cm³/mol. The Morgan fingerprint density at radius 1 is 1.18 bits per heavy atom. The van der Waals surface area contributed by atoms with Crippen LogP contribution in [0.3, 0.4) is 0 Å². The van der Waals surface area contributed by atoms with Crippen LogP contribution >= 0.6 is 0 Å². The molecule has 0 N–H and O–H groups in total. The van der Waals surface area contributed by atoms with Crippen molar-refractivity contribution >= 4 is 5.91 Å². The molecule has 5 nitrogen and oxygen atoms in total. The van der Waals surface area contributed by atoms with Gasteiger partial charge < -0.3 is 9.32 Å². The van der Waals surface area contributed by atoms with Crippen molar-refractivity contribution in [1.82, 2.24) is 14.8 Å². The van der Waals surface area contributed by atoms with E-state index in [0.29, 0.717) is 31.0 Å². The molecule has 3 heterocycles. The minimum atomic E-state index is -2.74. The highest BCUT2D eigenvalue weighted by Crippen LogP contribution is 2.29. The van der Waals surface area contributed by atoms with Crippen LogP contribution in [0, 0.1) is 11.6 Å². The number of carbonyl (C=O) groups is 1. The lowest BCUT2D eigenvalue weighted by atomic mass is 10.1. The van der Waals surface area contributed by atoms with E-state index >= 15 is 0 Å². The molecule has 0 spiro atoms. The van der Waals surface area contributed by atoms with Gasteiger partial charge in [0.15, 0.2) is 0 Å². The lowest BCUT2D eigenvalue weighted by Gasteiger charge is -2.30. The second kappa shape index (κ2) is 7.20. The highest BCUT2D eigenvalue weighted by atomic mass is 19.3. The number of alkyl halides is 2. The topological polar surface area (TPSA) is 49.6 Å². The smallest absolute Gasteiger partial charge is 0.309 e. The van der Waals surface area contributed by atoms with E-state index in [9.17, 15) is 22.4 Å². The molecule has 1 fully saturated rings. The lowest BCUT2D eigenvalue weighted by molar-refractivity contribution is -0.0499. The number of piperidine rings is 1. The minimum Gasteiger partial charge on any atom is -0.437 e. The predicted octanol–water partition coefficient (Wildman–Crippen LogP) is 3.38. The Hall–Kier alpha value is -2.42. The molecule has 1 aromatic heterocycles. The third-order valence-corrected chi connectivity index (χ3v) is 5.17. The number of hydrogen-bond donors (Lipinski definition) is 0. The average Bonchev–Trinajstić information content (AvgIpc) is 3.07. The molecule has 1 amide bonds. The number of amides is 1. The van der Waals surface area contributed by atoms with Gasteiger partial charge in [-0.2, -0.15) is 0 Å². The van der Waals surface area contributed by atoms with E-state index in [0.717, 1.165) is 18.2 Å². The second-order valence-corrected chi connectivity index (χ2v) is 7.23. The quantitative estimate of drug-likeness (QED) is 0.746. The van der Waals surface area contributed by atoms with Crippen molar-refractivity contribution in [2.24, 2.45) is 0 Å². The summed E-state index contributed by atoms with van der Waals surface area (Å²) in [7, 11) is 0. The number of halogens is 4. The van der Waals surface area contributed by atoms with Gasteiger partial charge >= 0.3 is 5.91 Å². The van der Waals surface area contributed by atoms with E-state index in [-0.39, 0.29) is 43.9 Å². The number of carbonyl (C=O) groups excluding carboxylic acids is 1. The molecule has 0 radical (unpaired) electrons. The summed E-state index contributed by atoms with van der Waals surface area (Å²) in [5.74, 6) is -3.75. The van der Waals surface area contributed by atoms with Crippen LogP contribution in [-0.2, 0) is 19.5 Å². The molecular formula is C19H19F4N3O2. The molecule has 0 bridgehead atoms. The van der Waals surface area contributed by atoms with Crippen LogP contribution in [0.25, 0.3) is 0 Å². The number of likely N-dealkylation sites (tertiary alicyclic amines) is 1. The van der Waals surface area contributed by atoms with Gasteiger partial charge in [-0.25, -0.2) is 22.5 Å². The van der Waals surface area contributed by atoms with Gasteiger partial charge in [0.2, 0.25) is 0 Å². The molecule has 150 valence electrons. The Morgan fingerprint density at radius 3 is 2.68 bits per heavy atom. The Balaban J connectivity index is 1.43. The average molecular weight is 397 g/mol. The molecule has 1 saturated heterocycles. The third kappa shape index (κ3) is 3.89. The molecule has 28 heavy (non-hydrogen) atoms. The largest absolute Gasteiger partial charge is 0.437 e. The number of benzene rings is 1. The Kier molecular flexibility index (Phi) is 4.86. The van der Waals surface area contributed by atoms with Crippen molar-refractivity contribution in [3.8, 4) is 0 Å². The van der Waals surface area contributed by atoms with Gasteiger partial charge in [0.25, 0.3) is 11.8 Å². The number of rotatable bonds is 3. The molecule has 0 unspecified atom stereocenters. The van der Waals surface area contributed by atoms with Crippen LogP contribution in [0.2, 0.25) is 0 Å². The van der Waals surface area contributed by atoms with Gasteiger partial charge in [-0.1, -0.05) is 0 Å². The summed E-state index contributed by atoms with van der Waals surface area (Å²) >= 11 is 0. The van der Waals surface area contributed by atoms with E-state index in [2.05, 4.69) is 4.98 Å². The first-order valence-corrected chi connectivity index (χ1v) is 9.13. The highest BCUT2D eigenvalue weighted by Gasteiger charge is 2.37. The molecule has 9 heteroatoms. The summed E-state index contributed by atoms with van der Waals surface area (Å²) in [5.41, 5.74) is 0.811. The van der Waals surface area contributed by atoms with Crippen LogP contribution in [0.5, 0.6) is 0 Å². The number of oxazole rings is 1. The summed E-state index contributed by atoms with van der Waals surface area (Å²) in [6.07, 6.45) is -0.261. The molecule has 0 atom stereocenters. The first-order valence-electron chi connectivity index (χ1n) is 9.13. The number of aromatic nitrogens is 1. The number of nitrogens with zero attached hydrogens (tertiary/aromatic N) is 3. The highest BCUT2D eigenvalue weighted by molar-refractivity contribution is 5.89.